The lowest BCUT2D eigenvalue weighted by molar-refractivity contribution is -0.0435. The van der Waals surface area contributed by atoms with Gasteiger partial charge in [-0.1, -0.05) is 23.2 Å². The van der Waals surface area contributed by atoms with Gasteiger partial charge in [0.05, 0.1) is 5.52 Å². The molecule has 10 heteroatoms. The van der Waals surface area contributed by atoms with Crippen molar-refractivity contribution in [1.82, 2.24) is 9.97 Å². The maximum Gasteiger partial charge on any atom is 0.501 e. The number of hydrogen-bond acceptors (Lipinski definition) is 4. The summed E-state index contributed by atoms with van der Waals surface area (Å²) in [6.45, 7) is 0. The van der Waals surface area contributed by atoms with Crippen LogP contribution in [-0.2, 0) is 9.84 Å². The van der Waals surface area contributed by atoms with Gasteiger partial charge in [-0.15, -0.1) is 0 Å². The van der Waals surface area contributed by atoms with Gasteiger partial charge < -0.3 is 0 Å². The third-order valence-corrected chi connectivity index (χ3v) is 4.23. The fourth-order valence-electron chi connectivity index (χ4n) is 1.40. The number of alkyl halides is 3. The van der Waals surface area contributed by atoms with Crippen LogP contribution in [0, 0.1) is 0 Å². The summed E-state index contributed by atoms with van der Waals surface area (Å²) in [5.74, 6) is 0. The van der Waals surface area contributed by atoms with E-state index in [4.69, 9.17) is 23.2 Å². The minimum atomic E-state index is -5.58. The summed E-state index contributed by atoms with van der Waals surface area (Å²) in [6.07, 6.45) is 0.869. The number of aromatic nitrogens is 2. The molecule has 0 atom stereocenters. The molecule has 0 unspecified atom stereocenters. The van der Waals surface area contributed by atoms with E-state index in [1.807, 2.05) is 0 Å². The van der Waals surface area contributed by atoms with Gasteiger partial charge in [0.15, 0.2) is 0 Å². The lowest BCUT2D eigenvalue weighted by Gasteiger charge is -2.10. The summed E-state index contributed by atoms with van der Waals surface area (Å²) in [5.41, 5.74) is -5.89. The first-order valence-electron chi connectivity index (χ1n) is 4.55. The number of benzene rings is 1. The molecule has 102 valence electrons. The molecule has 0 fully saturated rings. The highest BCUT2D eigenvalue weighted by atomic mass is 35.5. The van der Waals surface area contributed by atoms with Crippen molar-refractivity contribution in [3.05, 3.63) is 28.6 Å². The lowest BCUT2D eigenvalue weighted by atomic mass is 10.2. The van der Waals surface area contributed by atoms with Gasteiger partial charge in [-0.3, -0.25) is 0 Å². The van der Waals surface area contributed by atoms with E-state index >= 15 is 0 Å². The molecule has 4 nitrogen and oxygen atoms in total. The first-order chi connectivity index (χ1) is 8.64. The van der Waals surface area contributed by atoms with Gasteiger partial charge in [-0.25, -0.2) is 18.4 Å². The van der Waals surface area contributed by atoms with Crippen molar-refractivity contribution in [2.24, 2.45) is 0 Å². The average molecular weight is 331 g/mol. The van der Waals surface area contributed by atoms with Crippen molar-refractivity contribution in [2.45, 2.75) is 10.4 Å². The molecule has 1 heterocycles. The van der Waals surface area contributed by atoms with E-state index in [0.29, 0.717) is 6.07 Å². The smallest absolute Gasteiger partial charge is 0.235 e. The second-order valence-electron chi connectivity index (χ2n) is 3.41. The minimum Gasteiger partial charge on any atom is -0.235 e. The van der Waals surface area contributed by atoms with Crippen molar-refractivity contribution in [1.29, 1.82) is 0 Å². The molecule has 0 saturated carbocycles. The van der Waals surface area contributed by atoms with Gasteiger partial charge >= 0.3 is 5.51 Å². The van der Waals surface area contributed by atoms with E-state index in [-0.39, 0.29) is 15.6 Å². The fourth-order valence-corrected chi connectivity index (χ4v) is 2.82. The van der Waals surface area contributed by atoms with Gasteiger partial charge in [0.1, 0.15) is 16.4 Å². The molecule has 1 aromatic carbocycles. The zero-order chi connectivity index (χ0) is 14.4. The van der Waals surface area contributed by atoms with Gasteiger partial charge in [-0.2, -0.15) is 13.2 Å². The van der Waals surface area contributed by atoms with Gasteiger partial charge in [0.25, 0.3) is 9.84 Å². The van der Waals surface area contributed by atoms with Crippen molar-refractivity contribution < 1.29 is 21.6 Å². The molecular weight excluding hydrogens is 328 g/mol. The van der Waals surface area contributed by atoms with Crippen LogP contribution in [0.15, 0.2) is 23.4 Å². The summed E-state index contributed by atoms with van der Waals surface area (Å²) in [6, 6.07) is 1.87. The molecule has 0 saturated heterocycles. The predicted molar refractivity (Wildman–Crippen MR) is 62.8 cm³/mol. The number of sulfone groups is 1. The normalized spacial score (nSPS) is 12.9. The van der Waals surface area contributed by atoms with Crippen molar-refractivity contribution in [3.63, 3.8) is 0 Å². The zero-order valence-electron chi connectivity index (χ0n) is 8.74. The van der Waals surface area contributed by atoms with E-state index < -0.39 is 25.8 Å². The van der Waals surface area contributed by atoms with E-state index in [9.17, 15) is 21.6 Å². The number of halogens is 5. The standard InChI is InChI=1S/C9H3Cl2F3N2O2S/c10-4-1-5-7(15-3-16-8(5)11)6(2-4)19(17,18)9(12,13)14/h1-3H. The van der Waals surface area contributed by atoms with Crippen LogP contribution in [0.1, 0.15) is 0 Å². The topological polar surface area (TPSA) is 59.9 Å². The Morgan fingerprint density at radius 2 is 1.74 bits per heavy atom. The number of fused-ring (bicyclic) bond motifs is 1. The first kappa shape index (κ1) is 14.3. The molecule has 0 radical (unpaired) electrons. The van der Waals surface area contributed by atoms with Crippen LogP contribution in [-0.4, -0.2) is 23.9 Å². The molecule has 0 aliphatic carbocycles. The Labute approximate surface area is 115 Å². The molecule has 0 aliphatic heterocycles. The molecule has 2 aromatic rings. The lowest BCUT2D eigenvalue weighted by Crippen LogP contribution is -2.23. The zero-order valence-corrected chi connectivity index (χ0v) is 11.1. The SMILES string of the molecule is O=S(=O)(c1cc(Cl)cc2c(Cl)ncnc12)C(F)(F)F. The summed E-state index contributed by atoms with van der Waals surface area (Å²) >= 11 is 11.3. The van der Waals surface area contributed by atoms with Crippen LogP contribution in [0.25, 0.3) is 10.9 Å². The fraction of sp³-hybridized carbons (Fsp3) is 0.111. The van der Waals surface area contributed by atoms with Gasteiger partial charge in [-0.05, 0) is 12.1 Å². The van der Waals surface area contributed by atoms with E-state index in [2.05, 4.69) is 9.97 Å². The maximum atomic E-state index is 12.6. The van der Waals surface area contributed by atoms with Crippen LogP contribution in [0.3, 0.4) is 0 Å². The van der Waals surface area contributed by atoms with Gasteiger partial charge in [0.2, 0.25) is 0 Å². The summed E-state index contributed by atoms with van der Waals surface area (Å²) in [5, 5.41) is -0.474. The highest BCUT2D eigenvalue weighted by Gasteiger charge is 2.48. The van der Waals surface area contributed by atoms with E-state index in [1.54, 1.807) is 0 Å². The monoisotopic (exact) mass is 330 g/mol. The summed E-state index contributed by atoms with van der Waals surface area (Å²) in [4.78, 5) is 6.03. The molecule has 0 spiro atoms. The Kier molecular flexibility index (Phi) is 3.36. The molecule has 1 aromatic heterocycles. The second kappa shape index (κ2) is 4.46. The molecular formula is C9H3Cl2F3N2O2S. The van der Waals surface area contributed by atoms with Crippen LogP contribution in [0.5, 0.6) is 0 Å². The summed E-state index contributed by atoms with van der Waals surface area (Å²) < 4.78 is 60.6. The molecule has 2 rings (SSSR count). The summed E-state index contributed by atoms with van der Waals surface area (Å²) in [7, 11) is -5.58. The minimum absolute atomic E-state index is 0.0699. The van der Waals surface area contributed by atoms with E-state index in [0.717, 1.165) is 6.33 Å². The Hall–Kier alpha value is -1.12. The Morgan fingerprint density at radius 1 is 1.11 bits per heavy atom. The van der Waals surface area contributed by atoms with Crippen molar-refractivity contribution in [3.8, 4) is 0 Å². The van der Waals surface area contributed by atoms with Crippen LogP contribution < -0.4 is 0 Å². The third kappa shape index (κ3) is 2.35. The second-order valence-corrected chi connectivity index (χ2v) is 6.12. The Balaban J connectivity index is 2.93. The van der Waals surface area contributed by atoms with E-state index in [1.165, 1.54) is 6.07 Å². The predicted octanol–water partition coefficient (Wildman–Crippen LogP) is 3.23. The Bertz CT molecular complexity index is 762. The number of nitrogens with zero attached hydrogens (tertiary/aromatic N) is 2. The number of hydrogen-bond donors (Lipinski definition) is 0. The van der Waals surface area contributed by atoms with Crippen molar-refractivity contribution in [2.75, 3.05) is 0 Å². The van der Waals surface area contributed by atoms with Crippen LogP contribution in [0.4, 0.5) is 13.2 Å². The maximum absolute atomic E-state index is 12.6. The highest BCUT2D eigenvalue weighted by molar-refractivity contribution is 7.92. The molecule has 0 amide bonds. The average Bonchev–Trinajstić information content (AvgIpc) is 2.28. The Morgan fingerprint density at radius 3 is 2.32 bits per heavy atom. The number of rotatable bonds is 1. The largest absolute Gasteiger partial charge is 0.501 e. The highest BCUT2D eigenvalue weighted by Crippen LogP contribution is 2.36. The molecule has 0 aliphatic rings. The van der Waals surface area contributed by atoms with Gasteiger partial charge in [0, 0.05) is 10.4 Å². The molecule has 19 heavy (non-hydrogen) atoms. The van der Waals surface area contributed by atoms with Crippen LogP contribution in [0.2, 0.25) is 10.2 Å². The third-order valence-electron chi connectivity index (χ3n) is 2.21. The molecule has 0 N–H and O–H groups in total. The quantitative estimate of drug-likeness (QED) is 0.753. The molecule has 0 bridgehead atoms. The first-order valence-corrected chi connectivity index (χ1v) is 6.79. The van der Waals surface area contributed by atoms with Crippen molar-refractivity contribution >= 4 is 43.9 Å². The van der Waals surface area contributed by atoms with Crippen LogP contribution >= 0.6 is 23.2 Å².